The quantitative estimate of drug-likeness (QED) is 0.668. The highest BCUT2D eigenvalue weighted by Crippen LogP contribution is 2.37. The Hall–Kier alpha value is -2.97. The third-order valence-corrected chi connectivity index (χ3v) is 4.13. The Morgan fingerprint density at radius 2 is 1.96 bits per heavy atom. The van der Waals surface area contributed by atoms with Crippen LogP contribution in [-0.2, 0) is 4.79 Å². The minimum atomic E-state index is -0.465. The summed E-state index contributed by atoms with van der Waals surface area (Å²) in [5.74, 6) is 0.612. The van der Waals surface area contributed by atoms with Gasteiger partial charge >= 0.3 is 0 Å². The maximum atomic E-state index is 12.4. The zero-order chi connectivity index (χ0) is 17.8. The fraction of sp³-hybridized carbons (Fsp3) is 0.158. The van der Waals surface area contributed by atoms with Crippen molar-refractivity contribution in [2.75, 3.05) is 6.79 Å². The third kappa shape index (κ3) is 3.76. The number of hydrogen-bond acceptors (Lipinski definition) is 4. The topological polar surface area (TPSA) is 71.4 Å². The first-order valence-electron chi connectivity index (χ1n) is 7.65. The molecule has 1 N–H and O–H groups in total. The summed E-state index contributed by atoms with van der Waals surface area (Å²) in [6.45, 7) is 1.98. The average molecular weight is 355 g/mol. The van der Waals surface area contributed by atoms with Crippen LogP contribution in [0.3, 0.4) is 0 Å². The average Bonchev–Trinajstić information content (AvgIpc) is 3.07. The molecule has 0 saturated heterocycles. The van der Waals surface area contributed by atoms with Crippen molar-refractivity contribution in [2.45, 2.75) is 13.0 Å². The molecule has 0 aliphatic carbocycles. The normalized spacial score (nSPS) is 13.9. The lowest BCUT2D eigenvalue weighted by atomic mass is 10.1. The molecule has 3 rings (SSSR count). The molecular weight excluding hydrogens is 340 g/mol. The summed E-state index contributed by atoms with van der Waals surface area (Å²) in [6.07, 6.45) is 1.44. The lowest BCUT2D eigenvalue weighted by Gasteiger charge is -2.13. The van der Waals surface area contributed by atoms with E-state index in [0.717, 1.165) is 5.56 Å². The molecule has 1 heterocycles. The molecule has 1 aliphatic heterocycles. The van der Waals surface area contributed by atoms with Crippen molar-refractivity contribution in [3.8, 4) is 17.6 Å². The maximum absolute atomic E-state index is 12.4. The van der Waals surface area contributed by atoms with E-state index in [1.165, 1.54) is 6.08 Å². The van der Waals surface area contributed by atoms with Crippen LogP contribution in [0.15, 0.2) is 48.0 Å². The molecule has 2 aromatic rings. The number of carbonyl (C=O) groups is 1. The minimum Gasteiger partial charge on any atom is -0.454 e. The summed E-state index contributed by atoms with van der Waals surface area (Å²) < 4.78 is 10.5. The molecule has 6 heteroatoms. The van der Waals surface area contributed by atoms with Gasteiger partial charge in [-0.2, -0.15) is 5.26 Å². The highest BCUT2D eigenvalue weighted by Gasteiger charge is 2.18. The first-order valence-corrected chi connectivity index (χ1v) is 8.03. The molecule has 126 valence electrons. The number of nitriles is 1. The first-order chi connectivity index (χ1) is 12.1. The number of rotatable bonds is 4. The van der Waals surface area contributed by atoms with E-state index in [0.29, 0.717) is 22.1 Å². The van der Waals surface area contributed by atoms with Gasteiger partial charge in [-0.05, 0) is 30.2 Å². The van der Waals surface area contributed by atoms with Gasteiger partial charge in [0.1, 0.15) is 11.6 Å². The van der Waals surface area contributed by atoms with Crippen molar-refractivity contribution in [1.29, 1.82) is 5.26 Å². The maximum Gasteiger partial charge on any atom is 0.262 e. The van der Waals surface area contributed by atoms with Crippen LogP contribution >= 0.6 is 11.6 Å². The Labute approximate surface area is 150 Å². The van der Waals surface area contributed by atoms with Crippen molar-refractivity contribution < 1.29 is 14.3 Å². The Kier molecular flexibility index (Phi) is 4.92. The lowest BCUT2D eigenvalue weighted by Crippen LogP contribution is -2.27. The molecule has 2 aromatic carbocycles. The summed E-state index contributed by atoms with van der Waals surface area (Å²) in [5, 5.41) is 12.5. The highest BCUT2D eigenvalue weighted by molar-refractivity contribution is 6.32. The number of carbonyl (C=O) groups excluding carboxylic acids is 1. The number of halogens is 1. The molecule has 1 atom stereocenters. The smallest absolute Gasteiger partial charge is 0.262 e. The molecule has 0 aromatic heterocycles. The van der Waals surface area contributed by atoms with Crippen LogP contribution in [0.2, 0.25) is 5.02 Å². The molecule has 0 fully saturated rings. The third-order valence-electron chi connectivity index (χ3n) is 3.80. The van der Waals surface area contributed by atoms with Crippen molar-refractivity contribution in [3.63, 3.8) is 0 Å². The van der Waals surface area contributed by atoms with E-state index in [1.54, 1.807) is 12.1 Å². The second kappa shape index (κ2) is 7.29. The SMILES string of the molecule is CC(NC(=O)/C(C#N)=C/c1cc2c(cc1Cl)OCO2)c1ccccc1. The molecule has 1 amide bonds. The molecule has 25 heavy (non-hydrogen) atoms. The predicted molar refractivity (Wildman–Crippen MR) is 94.2 cm³/mol. The Morgan fingerprint density at radius 3 is 2.64 bits per heavy atom. The van der Waals surface area contributed by atoms with Crippen molar-refractivity contribution in [2.24, 2.45) is 0 Å². The van der Waals surface area contributed by atoms with Crippen LogP contribution in [0.5, 0.6) is 11.5 Å². The van der Waals surface area contributed by atoms with Crippen LogP contribution in [0.4, 0.5) is 0 Å². The van der Waals surface area contributed by atoms with Gasteiger partial charge in [-0.15, -0.1) is 0 Å². The van der Waals surface area contributed by atoms with E-state index >= 15 is 0 Å². The van der Waals surface area contributed by atoms with Gasteiger partial charge in [0.25, 0.3) is 5.91 Å². The predicted octanol–water partition coefficient (Wildman–Crippen LogP) is 3.85. The summed E-state index contributed by atoms with van der Waals surface area (Å²) >= 11 is 6.19. The first kappa shape index (κ1) is 16.9. The van der Waals surface area contributed by atoms with Gasteiger partial charge in [-0.1, -0.05) is 41.9 Å². The molecular formula is C19H15ClN2O3. The van der Waals surface area contributed by atoms with E-state index in [9.17, 15) is 10.1 Å². The van der Waals surface area contributed by atoms with Gasteiger partial charge in [-0.3, -0.25) is 4.79 Å². The molecule has 5 nitrogen and oxygen atoms in total. The number of nitrogens with one attached hydrogen (secondary N) is 1. The molecule has 1 unspecified atom stereocenters. The summed E-state index contributed by atoms with van der Waals surface area (Å²) in [4.78, 5) is 12.4. The van der Waals surface area contributed by atoms with E-state index in [4.69, 9.17) is 21.1 Å². The highest BCUT2D eigenvalue weighted by atomic mass is 35.5. The largest absolute Gasteiger partial charge is 0.454 e. The summed E-state index contributed by atoms with van der Waals surface area (Å²) in [7, 11) is 0. The summed E-state index contributed by atoms with van der Waals surface area (Å²) in [6, 6.07) is 14.5. The van der Waals surface area contributed by atoms with Crippen LogP contribution in [0.1, 0.15) is 24.1 Å². The van der Waals surface area contributed by atoms with Gasteiger partial charge in [0.2, 0.25) is 6.79 Å². The zero-order valence-electron chi connectivity index (χ0n) is 13.5. The monoisotopic (exact) mass is 354 g/mol. The van der Waals surface area contributed by atoms with Crippen molar-refractivity contribution in [3.05, 3.63) is 64.2 Å². The fourth-order valence-electron chi connectivity index (χ4n) is 2.45. The second-order valence-corrected chi connectivity index (χ2v) is 5.91. The van der Waals surface area contributed by atoms with E-state index in [-0.39, 0.29) is 18.4 Å². The van der Waals surface area contributed by atoms with Crippen LogP contribution in [0.25, 0.3) is 6.08 Å². The van der Waals surface area contributed by atoms with Gasteiger partial charge in [-0.25, -0.2) is 0 Å². The van der Waals surface area contributed by atoms with Gasteiger partial charge in [0, 0.05) is 6.07 Å². The van der Waals surface area contributed by atoms with Gasteiger partial charge in [0.05, 0.1) is 11.1 Å². The molecule has 0 radical (unpaired) electrons. The molecule has 1 aliphatic rings. The molecule has 0 saturated carbocycles. The standard InChI is InChI=1S/C19H15ClN2O3/c1-12(13-5-3-2-4-6-13)22-19(23)15(10-21)7-14-8-17-18(9-16(14)20)25-11-24-17/h2-9,12H,11H2,1H3,(H,22,23)/b15-7+. The Balaban J connectivity index is 1.81. The van der Waals surface area contributed by atoms with Crippen LogP contribution in [-0.4, -0.2) is 12.7 Å². The fourth-order valence-corrected chi connectivity index (χ4v) is 2.66. The minimum absolute atomic E-state index is 0.0384. The van der Waals surface area contributed by atoms with Gasteiger partial charge < -0.3 is 14.8 Å². The van der Waals surface area contributed by atoms with Crippen LogP contribution in [0, 0.1) is 11.3 Å². The zero-order valence-corrected chi connectivity index (χ0v) is 14.2. The number of nitrogens with zero attached hydrogens (tertiary/aromatic N) is 1. The second-order valence-electron chi connectivity index (χ2n) is 5.50. The number of amides is 1. The van der Waals surface area contributed by atoms with Crippen LogP contribution < -0.4 is 14.8 Å². The number of fused-ring (bicyclic) bond motifs is 1. The van der Waals surface area contributed by atoms with Gasteiger partial charge in [0.15, 0.2) is 11.5 Å². The van der Waals surface area contributed by atoms with E-state index < -0.39 is 5.91 Å². The summed E-state index contributed by atoms with van der Waals surface area (Å²) in [5.41, 5.74) is 1.43. The van der Waals surface area contributed by atoms with E-state index in [2.05, 4.69) is 5.32 Å². The van der Waals surface area contributed by atoms with E-state index in [1.807, 2.05) is 43.3 Å². The lowest BCUT2D eigenvalue weighted by molar-refractivity contribution is -0.117. The Bertz CT molecular complexity index is 872. The number of ether oxygens (including phenoxy) is 2. The number of hydrogen-bond donors (Lipinski definition) is 1. The van der Waals surface area contributed by atoms with Crippen molar-refractivity contribution >= 4 is 23.6 Å². The van der Waals surface area contributed by atoms with Crippen molar-refractivity contribution in [1.82, 2.24) is 5.32 Å². The Morgan fingerprint density at radius 1 is 1.28 bits per heavy atom. The number of benzene rings is 2. The molecule has 0 bridgehead atoms. The molecule has 0 spiro atoms.